The molecule has 9 heteroatoms. The predicted molar refractivity (Wildman–Crippen MR) is 77.3 cm³/mol. The van der Waals surface area contributed by atoms with Crippen molar-refractivity contribution in [2.45, 2.75) is 6.04 Å². The maximum absolute atomic E-state index is 11.1. The molecule has 0 saturated carbocycles. The molecule has 0 radical (unpaired) electrons. The molecule has 2 N–H and O–H groups in total. The third kappa shape index (κ3) is 13.2. The van der Waals surface area contributed by atoms with Crippen LogP contribution in [-0.4, -0.2) is 73.8 Å². The second-order valence-corrected chi connectivity index (χ2v) is 5.43. The molecule has 0 spiro atoms. The van der Waals surface area contributed by atoms with Gasteiger partial charge in [0.15, 0.2) is 5.78 Å². The lowest BCUT2D eigenvalue weighted by Crippen LogP contribution is -2.40. The molecular formula is C12H21NO7S. The lowest BCUT2D eigenvalue weighted by molar-refractivity contribution is -0.138. The Morgan fingerprint density at radius 2 is 1.81 bits per heavy atom. The van der Waals surface area contributed by atoms with E-state index in [1.807, 2.05) is 0 Å². The molecule has 1 unspecified atom stereocenters. The highest BCUT2D eigenvalue weighted by Gasteiger charge is 2.23. The first-order valence-electron chi connectivity index (χ1n) is 5.77. The molecule has 0 bridgehead atoms. The van der Waals surface area contributed by atoms with Crippen LogP contribution in [0, 0.1) is 0 Å². The summed E-state index contributed by atoms with van der Waals surface area (Å²) in [6.07, 6.45) is 2.09. The average Bonchev–Trinajstić information content (AvgIpc) is 2.40. The number of carbonyl (C=O) groups excluding carboxylic acids is 2. The molecule has 0 amide bonds. The molecule has 0 aliphatic heterocycles. The number of hydrogen-bond donors (Lipinski definition) is 2. The SMILES string of the molecule is C=CC(=O)C(CS(=O)(=O)O)N(C)C.C=CC(=O)OCCO. The zero-order chi connectivity index (χ0) is 17.1. The molecule has 8 nitrogen and oxygen atoms in total. The highest BCUT2D eigenvalue weighted by Crippen LogP contribution is 2.00. The first kappa shape index (κ1) is 21.7. The van der Waals surface area contributed by atoms with Gasteiger partial charge >= 0.3 is 5.97 Å². The molecule has 0 rings (SSSR count). The number of ketones is 1. The van der Waals surface area contributed by atoms with E-state index in [9.17, 15) is 18.0 Å². The van der Waals surface area contributed by atoms with Crippen molar-refractivity contribution < 1.29 is 32.4 Å². The Morgan fingerprint density at radius 1 is 1.29 bits per heavy atom. The Morgan fingerprint density at radius 3 is 2.10 bits per heavy atom. The largest absolute Gasteiger partial charge is 0.460 e. The maximum atomic E-state index is 11.1. The fourth-order valence-corrected chi connectivity index (χ4v) is 1.89. The van der Waals surface area contributed by atoms with Gasteiger partial charge in [0.05, 0.1) is 18.4 Å². The van der Waals surface area contributed by atoms with Crippen LogP contribution >= 0.6 is 0 Å². The number of esters is 1. The van der Waals surface area contributed by atoms with Crippen LogP contribution in [-0.2, 0) is 24.4 Å². The van der Waals surface area contributed by atoms with E-state index in [1.54, 1.807) is 14.1 Å². The lowest BCUT2D eigenvalue weighted by atomic mass is 10.2. The van der Waals surface area contributed by atoms with Crippen molar-refractivity contribution in [3.05, 3.63) is 25.3 Å². The van der Waals surface area contributed by atoms with E-state index in [2.05, 4.69) is 17.9 Å². The van der Waals surface area contributed by atoms with E-state index < -0.39 is 33.7 Å². The van der Waals surface area contributed by atoms with Gasteiger partial charge in [-0.25, -0.2) is 4.79 Å². The van der Waals surface area contributed by atoms with Gasteiger partial charge in [-0.05, 0) is 20.2 Å². The van der Waals surface area contributed by atoms with Crippen LogP contribution in [0.1, 0.15) is 0 Å². The number of carbonyl (C=O) groups is 2. The summed E-state index contributed by atoms with van der Waals surface area (Å²) in [7, 11) is -1.03. The van der Waals surface area contributed by atoms with E-state index in [0.29, 0.717) is 0 Å². The summed E-state index contributed by atoms with van der Waals surface area (Å²) in [6.45, 7) is 6.31. The molecule has 21 heavy (non-hydrogen) atoms. The minimum atomic E-state index is -4.13. The first-order chi connectivity index (χ1) is 9.58. The fourth-order valence-electron chi connectivity index (χ4n) is 1.03. The van der Waals surface area contributed by atoms with Crippen molar-refractivity contribution in [1.29, 1.82) is 0 Å². The monoisotopic (exact) mass is 323 g/mol. The summed E-state index contributed by atoms with van der Waals surface area (Å²) in [6, 6.07) is -0.868. The van der Waals surface area contributed by atoms with Crippen LogP contribution < -0.4 is 0 Å². The molecule has 0 aliphatic carbocycles. The molecule has 0 aromatic heterocycles. The molecule has 0 saturated heterocycles. The van der Waals surface area contributed by atoms with Crippen molar-refractivity contribution >= 4 is 21.9 Å². The van der Waals surface area contributed by atoms with E-state index in [-0.39, 0.29) is 13.2 Å². The zero-order valence-electron chi connectivity index (χ0n) is 12.1. The highest BCUT2D eigenvalue weighted by atomic mass is 32.2. The van der Waals surface area contributed by atoms with Gasteiger partial charge in [-0.2, -0.15) is 8.42 Å². The second-order valence-electron chi connectivity index (χ2n) is 3.93. The van der Waals surface area contributed by atoms with E-state index >= 15 is 0 Å². The van der Waals surface area contributed by atoms with Crippen molar-refractivity contribution in [2.24, 2.45) is 0 Å². The smallest absolute Gasteiger partial charge is 0.330 e. The topological polar surface area (TPSA) is 121 Å². The Bertz CT molecular complexity index is 456. The number of nitrogens with zero attached hydrogens (tertiary/aromatic N) is 1. The van der Waals surface area contributed by atoms with Crippen LogP contribution in [0.25, 0.3) is 0 Å². The summed E-state index contributed by atoms with van der Waals surface area (Å²) in [5.74, 6) is -1.54. The molecular weight excluding hydrogens is 302 g/mol. The van der Waals surface area contributed by atoms with Crippen LogP contribution in [0.3, 0.4) is 0 Å². The quantitative estimate of drug-likeness (QED) is 0.340. The second kappa shape index (κ2) is 11.1. The number of ether oxygens (including phenoxy) is 1. The van der Waals surface area contributed by atoms with Gasteiger partial charge in [-0.15, -0.1) is 0 Å². The van der Waals surface area contributed by atoms with E-state index in [0.717, 1.165) is 12.2 Å². The van der Waals surface area contributed by atoms with Gasteiger partial charge in [-0.3, -0.25) is 14.2 Å². The Labute approximate surface area is 124 Å². The number of likely N-dealkylation sites (N-methyl/N-ethyl adjacent to an activating group) is 1. The predicted octanol–water partition coefficient (Wildman–Crippen LogP) is -0.733. The summed E-state index contributed by atoms with van der Waals surface area (Å²) < 4.78 is 33.9. The molecule has 0 fully saturated rings. The van der Waals surface area contributed by atoms with Gasteiger partial charge in [-0.1, -0.05) is 13.2 Å². The van der Waals surface area contributed by atoms with Crippen LogP contribution in [0.5, 0.6) is 0 Å². The maximum Gasteiger partial charge on any atom is 0.330 e. The number of rotatable bonds is 8. The molecule has 1 atom stereocenters. The van der Waals surface area contributed by atoms with Crippen molar-refractivity contribution in [2.75, 3.05) is 33.1 Å². The third-order valence-corrected chi connectivity index (χ3v) is 2.76. The third-order valence-electron chi connectivity index (χ3n) is 2.02. The first-order valence-corrected chi connectivity index (χ1v) is 7.37. The van der Waals surface area contributed by atoms with E-state index in [4.69, 9.17) is 9.66 Å². The zero-order valence-corrected chi connectivity index (χ0v) is 12.9. The van der Waals surface area contributed by atoms with Crippen molar-refractivity contribution in [3.8, 4) is 0 Å². The van der Waals surface area contributed by atoms with Crippen LogP contribution in [0.2, 0.25) is 0 Å². The van der Waals surface area contributed by atoms with Gasteiger partial charge in [0, 0.05) is 6.08 Å². The Balaban J connectivity index is 0. The van der Waals surface area contributed by atoms with Crippen molar-refractivity contribution in [3.63, 3.8) is 0 Å². The minimum Gasteiger partial charge on any atom is -0.460 e. The Hall–Kier alpha value is -1.55. The average molecular weight is 323 g/mol. The molecule has 0 aliphatic rings. The Kier molecular flexibility index (Phi) is 11.5. The normalized spacial score (nSPS) is 11.9. The van der Waals surface area contributed by atoms with Crippen LogP contribution in [0.4, 0.5) is 0 Å². The summed E-state index contributed by atoms with van der Waals surface area (Å²) >= 11 is 0. The van der Waals surface area contributed by atoms with Gasteiger partial charge in [0.1, 0.15) is 6.61 Å². The molecule has 122 valence electrons. The summed E-state index contributed by atoms with van der Waals surface area (Å²) in [5.41, 5.74) is 0. The fraction of sp³-hybridized carbons (Fsp3) is 0.500. The molecule has 0 heterocycles. The minimum absolute atomic E-state index is 0.0465. The number of aliphatic hydroxyl groups is 1. The van der Waals surface area contributed by atoms with Gasteiger partial charge < -0.3 is 9.84 Å². The van der Waals surface area contributed by atoms with Gasteiger partial charge in [0.25, 0.3) is 10.1 Å². The summed E-state index contributed by atoms with van der Waals surface area (Å²) in [5, 5.41) is 8.10. The van der Waals surface area contributed by atoms with E-state index in [1.165, 1.54) is 4.90 Å². The molecule has 0 aromatic rings. The number of hydrogen-bond acceptors (Lipinski definition) is 7. The van der Waals surface area contributed by atoms with Crippen molar-refractivity contribution in [1.82, 2.24) is 4.90 Å². The lowest BCUT2D eigenvalue weighted by Gasteiger charge is -2.19. The highest BCUT2D eigenvalue weighted by molar-refractivity contribution is 7.85. The number of aliphatic hydroxyl groups excluding tert-OH is 1. The standard InChI is InChI=1S/C7H13NO4S.C5H8O3/c1-4-7(9)6(8(2)3)5-13(10,11)12;1-2-5(7)8-4-3-6/h4,6H,1,5H2,2-3H3,(H,10,11,12);2,6H,1,3-4H2. The van der Waals surface area contributed by atoms with Gasteiger partial charge in [0.2, 0.25) is 0 Å². The van der Waals surface area contributed by atoms with Crippen LogP contribution in [0.15, 0.2) is 25.3 Å². The summed E-state index contributed by atoms with van der Waals surface area (Å²) in [4.78, 5) is 22.6. The molecule has 0 aromatic carbocycles.